The molecule has 0 radical (unpaired) electrons. The highest BCUT2D eigenvalue weighted by Crippen LogP contribution is 2.30. The second-order valence-corrected chi connectivity index (χ2v) is 7.90. The van der Waals surface area contributed by atoms with Gasteiger partial charge in [-0.15, -0.1) is 0 Å². The third-order valence-electron chi connectivity index (χ3n) is 3.23. The van der Waals surface area contributed by atoms with E-state index in [-0.39, 0.29) is 0 Å². The van der Waals surface area contributed by atoms with Crippen LogP contribution in [0, 0.1) is 0 Å². The zero-order valence-corrected chi connectivity index (χ0v) is 14.4. The van der Waals surface area contributed by atoms with Gasteiger partial charge < -0.3 is 5.32 Å². The van der Waals surface area contributed by atoms with Crippen molar-refractivity contribution in [2.24, 2.45) is 0 Å². The fourth-order valence-corrected chi connectivity index (χ4v) is 4.60. The topological polar surface area (TPSA) is 24.9 Å². The van der Waals surface area contributed by atoms with E-state index in [2.05, 4.69) is 66.9 Å². The lowest BCUT2D eigenvalue weighted by Gasteiger charge is -2.13. The molecule has 1 N–H and O–H groups in total. The Morgan fingerprint density at radius 3 is 3.00 bits per heavy atom. The van der Waals surface area contributed by atoms with Gasteiger partial charge in [0, 0.05) is 33.0 Å². The molecule has 1 saturated carbocycles. The normalized spacial score (nSPS) is 23.5. The SMILES string of the molecule is CCSC1CCC(NCc2ncc(Br)cc2Br)C1. The number of pyridine rings is 1. The van der Waals surface area contributed by atoms with E-state index < -0.39 is 0 Å². The molecule has 1 aliphatic rings. The Hall–Kier alpha value is 0.420. The highest BCUT2D eigenvalue weighted by Gasteiger charge is 2.24. The van der Waals surface area contributed by atoms with Crippen LogP contribution in [0.15, 0.2) is 21.2 Å². The zero-order chi connectivity index (χ0) is 13.0. The van der Waals surface area contributed by atoms with E-state index in [0.29, 0.717) is 6.04 Å². The fraction of sp³-hybridized carbons (Fsp3) is 0.615. The lowest BCUT2D eigenvalue weighted by molar-refractivity contribution is 0.519. The molecule has 5 heteroatoms. The van der Waals surface area contributed by atoms with Crippen molar-refractivity contribution in [2.45, 2.75) is 44.0 Å². The van der Waals surface area contributed by atoms with Crippen LogP contribution in [0.5, 0.6) is 0 Å². The van der Waals surface area contributed by atoms with Crippen LogP contribution in [0.2, 0.25) is 0 Å². The van der Waals surface area contributed by atoms with Gasteiger partial charge in [0.2, 0.25) is 0 Å². The predicted octanol–water partition coefficient (Wildman–Crippen LogP) is 4.37. The van der Waals surface area contributed by atoms with Crippen molar-refractivity contribution in [2.75, 3.05) is 5.75 Å². The summed E-state index contributed by atoms with van der Waals surface area (Å²) in [6, 6.07) is 2.71. The molecule has 0 saturated heterocycles. The van der Waals surface area contributed by atoms with Crippen molar-refractivity contribution >= 4 is 43.6 Å². The highest BCUT2D eigenvalue weighted by molar-refractivity contribution is 9.11. The van der Waals surface area contributed by atoms with Gasteiger partial charge in [0.1, 0.15) is 0 Å². The first-order chi connectivity index (χ1) is 8.69. The van der Waals surface area contributed by atoms with Crippen molar-refractivity contribution in [3.05, 3.63) is 26.9 Å². The van der Waals surface area contributed by atoms with E-state index >= 15 is 0 Å². The van der Waals surface area contributed by atoms with Gasteiger partial charge in [0.15, 0.2) is 0 Å². The highest BCUT2D eigenvalue weighted by atomic mass is 79.9. The van der Waals surface area contributed by atoms with Gasteiger partial charge in [0.05, 0.1) is 5.69 Å². The number of nitrogens with one attached hydrogen (secondary N) is 1. The van der Waals surface area contributed by atoms with Crippen LogP contribution in [-0.4, -0.2) is 22.0 Å². The monoisotopic (exact) mass is 392 g/mol. The van der Waals surface area contributed by atoms with Crippen LogP contribution in [0.3, 0.4) is 0 Å². The summed E-state index contributed by atoms with van der Waals surface area (Å²) >= 11 is 9.08. The number of halogens is 2. The Morgan fingerprint density at radius 1 is 1.44 bits per heavy atom. The average molecular weight is 394 g/mol. The molecule has 0 bridgehead atoms. The maximum atomic E-state index is 4.43. The molecule has 1 fully saturated rings. The van der Waals surface area contributed by atoms with E-state index in [1.807, 2.05) is 6.20 Å². The zero-order valence-electron chi connectivity index (χ0n) is 10.5. The van der Waals surface area contributed by atoms with E-state index in [1.165, 1.54) is 25.0 Å². The van der Waals surface area contributed by atoms with Crippen molar-refractivity contribution in [1.29, 1.82) is 0 Å². The first kappa shape index (κ1) is 14.8. The number of aromatic nitrogens is 1. The summed E-state index contributed by atoms with van der Waals surface area (Å²) in [5.74, 6) is 1.23. The van der Waals surface area contributed by atoms with Crippen molar-refractivity contribution in [1.82, 2.24) is 10.3 Å². The molecule has 2 atom stereocenters. The van der Waals surface area contributed by atoms with Crippen molar-refractivity contribution < 1.29 is 0 Å². The number of hydrogen-bond donors (Lipinski definition) is 1. The van der Waals surface area contributed by atoms with E-state index in [9.17, 15) is 0 Å². The van der Waals surface area contributed by atoms with Gasteiger partial charge in [-0.1, -0.05) is 6.92 Å². The minimum absolute atomic E-state index is 0.659. The van der Waals surface area contributed by atoms with Crippen LogP contribution in [0.4, 0.5) is 0 Å². The third kappa shape index (κ3) is 4.22. The Kier molecular flexibility index (Phi) is 5.98. The number of hydrogen-bond acceptors (Lipinski definition) is 3. The van der Waals surface area contributed by atoms with Crippen molar-refractivity contribution in [3.63, 3.8) is 0 Å². The molecule has 0 amide bonds. The molecule has 1 aliphatic carbocycles. The third-order valence-corrected chi connectivity index (χ3v) is 5.58. The largest absolute Gasteiger partial charge is 0.308 e. The summed E-state index contributed by atoms with van der Waals surface area (Å²) in [6.45, 7) is 3.09. The van der Waals surface area contributed by atoms with Crippen LogP contribution < -0.4 is 5.32 Å². The molecular weight excluding hydrogens is 376 g/mol. The molecule has 2 nitrogen and oxygen atoms in total. The average Bonchev–Trinajstić information content (AvgIpc) is 2.76. The molecule has 18 heavy (non-hydrogen) atoms. The molecule has 1 aromatic heterocycles. The molecule has 1 heterocycles. The molecule has 100 valence electrons. The fourth-order valence-electron chi connectivity index (χ4n) is 2.33. The standard InChI is InChI=1S/C13H18Br2N2S/c1-2-18-11-4-3-10(6-11)16-8-13-12(15)5-9(14)7-17-13/h5,7,10-11,16H,2-4,6,8H2,1H3. The van der Waals surface area contributed by atoms with E-state index in [0.717, 1.165) is 26.4 Å². The molecule has 0 aliphatic heterocycles. The second kappa shape index (κ2) is 7.27. The van der Waals surface area contributed by atoms with Crippen molar-refractivity contribution in [3.8, 4) is 0 Å². The second-order valence-electron chi connectivity index (χ2n) is 4.55. The Morgan fingerprint density at radius 2 is 2.28 bits per heavy atom. The summed E-state index contributed by atoms with van der Waals surface area (Å²) in [5, 5.41) is 4.48. The van der Waals surface area contributed by atoms with Gasteiger partial charge in [0.25, 0.3) is 0 Å². The minimum Gasteiger partial charge on any atom is -0.308 e. The van der Waals surface area contributed by atoms with Gasteiger partial charge in [-0.05, 0) is 62.9 Å². The first-order valence-corrected chi connectivity index (χ1v) is 8.97. The maximum absolute atomic E-state index is 4.43. The Bertz CT molecular complexity index is 401. The van der Waals surface area contributed by atoms with E-state index in [1.54, 1.807) is 0 Å². The molecule has 1 aromatic rings. The Balaban J connectivity index is 1.81. The summed E-state index contributed by atoms with van der Waals surface area (Å²) in [5.41, 5.74) is 1.09. The summed E-state index contributed by atoms with van der Waals surface area (Å²) in [6.07, 6.45) is 5.80. The smallest absolute Gasteiger partial charge is 0.0684 e. The predicted molar refractivity (Wildman–Crippen MR) is 86.0 cm³/mol. The molecule has 2 unspecified atom stereocenters. The number of nitrogens with zero attached hydrogens (tertiary/aromatic N) is 1. The van der Waals surface area contributed by atoms with E-state index in [4.69, 9.17) is 0 Å². The first-order valence-electron chi connectivity index (χ1n) is 6.34. The quantitative estimate of drug-likeness (QED) is 0.803. The number of thioether (sulfide) groups is 1. The lowest BCUT2D eigenvalue weighted by Crippen LogP contribution is -2.26. The van der Waals surface area contributed by atoms with Gasteiger partial charge in [-0.3, -0.25) is 4.98 Å². The molecule has 2 rings (SSSR count). The summed E-state index contributed by atoms with van der Waals surface area (Å²) in [4.78, 5) is 4.43. The van der Waals surface area contributed by atoms with Gasteiger partial charge >= 0.3 is 0 Å². The summed E-state index contributed by atoms with van der Waals surface area (Å²) < 4.78 is 2.08. The van der Waals surface area contributed by atoms with Crippen LogP contribution >= 0.6 is 43.6 Å². The van der Waals surface area contributed by atoms with Gasteiger partial charge in [-0.25, -0.2) is 0 Å². The van der Waals surface area contributed by atoms with Crippen LogP contribution in [0.25, 0.3) is 0 Å². The maximum Gasteiger partial charge on any atom is 0.0684 e. The minimum atomic E-state index is 0.659. The number of rotatable bonds is 5. The molecular formula is C13H18Br2N2S. The van der Waals surface area contributed by atoms with Gasteiger partial charge in [-0.2, -0.15) is 11.8 Å². The Labute approximate surface area is 130 Å². The van der Waals surface area contributed by atoms with Crippen LogP contribution in [-0.2, 0) is 6.54 Å². The molecule has 0 aromatic carbocycles. The molecule has 0 spiro atoms. The lowest BCUT2D eigenvalue weighted by atomic mass is 10.2. The van der Waals surface area contributed by atoms with Crippen LogP contribution in [0.1, 0.15) is 31.9 Å². The summed E-state index contributed by atoms with van der Waals surface area (Å²) in [7, 11) is 0.